The molecule has 6 nitrogen and oxygen atoms in total. The van der Waals surface area contributed by atoms with Gasteiger partial charge in [0.15, 0.2) is 0 Å². The summed E-state index contributed by atoms with van der Waals surface area (Å²) in [6.45, 7) is 0. The molecular weight excluding hydrogens is 373 g/mol. The van der Waals surface area contributed by atoms with Crippen LogP contribution in [0.4, 0.5) is 10.1 Å². The first-order valence-electron chi connectivity index (χ1n) is 8.74. The quantitative estimate of drug-likeness (QED) is 0.379. The molecule has 0 aliphatic rings. The maximum absolute atomic E-state index is 14.5. The minimum Gasteiger partial charge on any atom is -0.268 e. The number of nitrogens with zero attached hydrogens (tertiary/aromatic N) is 3. The summed E-state index contributed by atoms with van der Waals surface area (Å²) in [7, 11) is 0. The summed E-state index contributed by atoms with van der Waals surface area (Å²) in [5.41, 5.74) is 0.657. The largest absolute Gasteiger partial charge is 0.270 e. The van der Waals surface area contributed by atoms with E-state index >= 15 is 0 Å². The molecule has 0 saturated heterocycles. The van der Waals surface area contributed by atoms with Gasteiger partial charge in [-0.25, -0.2) is 9.37 Å². The molecule has 0 amide bonds. The van der Waals surface area contributed by atoms with Gasteiger partial charge in [-0.3, -0.25) is 19.5 Å². The molecule has 4 rings (SSSR count). The average Bonchev–Trinajstić information content (AvgIpc) is 2.73. The molecular formula is C22H14FN3O3. The molecule has 0 aliphatic heterocycles. The first-order valence-corrected chi connectivity index (χ1v) is 8.74. The highest BCUT2D eigenvalue weighted by molar-refractivity contribution is 5.80. The maximum Gasteiger partial charge on any atom is 0.270 e. The van der Waals surface area contributed by atoms with Crippen LogP contribution >= 0.6 is 0 Å². The van der Waals surface area contributed by atoms with E-state index in [-0.39, 0.29) is 17.2 Å². The van der Waals surface area contributed by atoms with Crippen molar-refractivity contribution in [3.63, 3.8) is 0 Å². The third-order valence-corrected chi connectivity index (χ3v) is 4.40. The Morgan fingerprint density at radius 2 is 1.72 bits per heavy atom. The van der Waals surface area contributed by atoms with E-state index in [0.717, 1.165) is 0 Å². The standard InChI is InChI=1S/C22H14FN3O3/c23-18-9-2-4-11-20(18)25-21(24-19-10-3-1-8-17(19)22(25)27)13-12-15-6-5-7-16(14-15)26(28)29/h1-14H/b13-12+. The van der Waals surface area contributed by atoms with Crippen molar-refractivity contribution < 1.29 is 9.31 Å². The second-order valence-electron chi connectivity index (χ2n) is 6.26. The van der Waals surface area contributed by atoms with Crippen LogP contribution in [0.15, 0.2) is 77.6 Å². The molecule has 0 radical (unpaired) electrons. The molecule has 0 spiro atoms. The number of halogens is 1. The van der Waals surface area contributed by atoms with Crippen LogP contribution in [-0.4, -0.2) is 14.5 Å². The number of rotatable bonds is 4. The molecule has 1 aromatic heterocycles. The van der Waals surface area contributed by atoms with Crippen LogP contribution in [-0.2, 0) is 0 Å². The van der Waals surface area contributed by atoms with Crippen molar-refractivity contribution in [3.8, 4) is 5.69 Å². The van der Waals surface area contributed by atoms with Gasteiger partial charge in [-0.05, 0) is 35.9 Å². The highest BCUT2D eigenvalue weighted by Crippen LogP contribution is 2.19. The summed E-state index contributed by atoms with van der Waals surface area (Å²) < 4.78 is 15.7. The van der Waals surface area contributed by atoms with E-state index in [1.165, 1.54) is 34.9 Å². The Morgan fingerprint density at radius 3 is 2.52 bits per heavy atom. The third kappa shape index (κ3) is 3.53. The number of hydrogen-bond donors (Lipinski definition) is 0. The fourth-order valence-electron chi connectivity index (χ4n) is 3.04. The number of hydrogen-bond acceptors (Lipinski definition) is 4. The maximum atomic E-state index is 14.5. The first kappa shape index (κ1) is 18.2. The van der Waals surface area contributed by atoms with Crippen molar-refractivity contribution in [3.05, 3.63) is 110 Å². The summed E-state index contributed by atoms with van der Waals surface area (Å²) in [5, 5.41) is 11.3. The van der Waals surface area contributed by atoms with Gasteiger partial charge in [0.25, 0.3) is 11.2 Å². The van der Waals surface area contributed by atoms with Crippen molar-refractivity contribution in [1.82, 2.24) is 9.55 Å². The molecule has 0 fully saturated rings. The molecule has 4 aromatic rings. The molecule has 0 unspecified atom stereocenters. The second-order valence-corrected chi connectivity index (χ2v) is 6.26. The molecule has 1 heterocycles. The topological polar surface area (TPSA) is 78.0 Å². The number of nitro groups is 1. The molecule has 0 aliphatic carbocycles. The highest BCUT2D eigenvalue weighted by Gasteiger charge is 2.14. The van der Waals surface area contributed by atoms with Gasteiger partial charge in [0.2, 0.25) is 0 Å². The lowest BCUT2D eigenvalue weighted by Gasteiger charge is -2.12. The Balaban J connectivity index is 1.93. The van der Waals surface area contributed by atoms with E-state index < -0.39 is 16.3 Å². The summed E-state index contributed by atoms with van der Waals surface area (Å²) in [6, 6.07) is 18.8. The normalized spacial score (nSPS) is 11.2. The number of nitro benzene ring substituents is 1. The summed E-state index contributed by atoms with van der Waals surface area (Å²) >= 11 is 0. The summed E-state index contributed by atoms with van der Waals surface area (Å²) in [6.07, 6.45) is 3.14. The number of non-ortho nitro benzene ring substituents is 1. The van der Waals surface area contributed by atoms with E-state index in [2.05, 4.69) is 4.98 Å². The summed E-state index contributed by atoms with van der Waals surface area (Å²) in [4.78, 5) is 28.1. The zero-order valence-electron chi connectivity index (χ0n) is 15.0. The van der Waals surface area contributed by atoms with Crippen molar-refractivity contribution in [2.24, 2.45) is 0 Å². The molecule has 3 aromatic carbocycles. The first-order chi connectivity index (χ1) is 14.0. The Bertz CT molecular complexity index is 1330. The molecule has 0 atom stereocenters. The lowest BCUT2D eigenvalue weighted by atomic mass is 10.2. The fraction of sp³-hybridized carbons (Fsp3) is 0. The van der Waals surface area contributed by atoms with E-state index in [4.69, 9.17) is 0 Å². The highest BCUT2D eigenvalue weighted by atomic mass is 19.1. The van der Waals surface area contributed by atoms with Crippen molar-refractivity contribution >= 4 is 28.7 Å². The predicted molar refractivity (Wildman–Crippen MR) is 109 cm³/mol. The molecule has 7 heteroatoms. The van der Waals surface area contributed by atoms with E-state index in [1.807, 2.05) is 0 Å². The zero-order valence-corrected chi connectivity index (χ0v) is 15.0. The van der Waals surface area contributed by atoms with Gasteiger partial charge in [0.1, 0.15) is 11.6 Å². The van der Waals surface area contributed by atoms with Gasteiger partial charge in [-0.1, -0.05) is 42.5 Å². The second kappa shape index (κ2) is 7.47. The number of fused-ring (bicyclic) bond motifs is 1. The van der Waals surface area contributed by atoms with Crippen LogP contribution in [0.5, 0.6) is 0 Å². The minimum atomic E-state index is -0.559. The Kier molecular flexibility index (Phi) is 4.70. The Hall–Kier alpha value is -4.13. The van der Waals surface area contributed by atoms with E-state index in [9.17, 15) is 19.3 Å². The van der Waals surface area contributed by atoms with Gasteiger partial charge in [0, 0.05) is 12.1 Å². The number of para-hydroxylation sites is 2. The van der Waals surface area contributed by atoms with Crippen molar-refractivity contribution in [2.75, 3.05) is 0 Å². The van der Waals surface area contributed by atoms with Crippen LogP contribution < -0.4 is 5.56 Å². The van der Waals surface area contributed by atoms with Gasteiger partial charge in [-0.15, -0.1) is 0 Å². The van der Waals surface area contributed by atoms with Gasteiger partial charge in [-0.2, -0.15) is 0 Å². The number of benzene rings is 3. The monoisotopic (exact) mass is 387 g/mol. The molecule has 142 valence electrons. The molecule has 0 saturated carbocycles. The Labute approximate surface area is 164 Å². The van der Waals surface area contributed by atoms with Crippen LogP contribution in [0, 0.1) is 15.9 Å². The van der Waals surface area contributed by atoms with Gasteiger partial charge < -0.3 is 0 Å². The van der Waals surface area contributed by atoms with Crippen molar-refractivity contribution in [2.45, 2.75) is 0 Å². The minimum absolute atomic E-state index is 0.0508. The SMILES string of the molecule is O=c1c2ccccc2nc(/C=C/c2cccc([N+](=O)[O-])c2)n1-c1ccccc1F. The smallest absolute Gasteiger partial charge is 0.268 e. The average molecular weight is 387 g/mol. The predicted octanol–water partition coefficient (Wildman–Crippen LogP) is 4.60. The third-order valence-electron chi connectivity index (χ3n) is 4.40. The lowest BCUT2D eigenvalue weighted by Crippen LogP contribution is -2.23. The van der Waals surface area contributed by atoms with Crippen LogP contribution in [0.1, 0.15) is 11.4 Å². The van der Waals surface area contributed by atoms with E-state index in [1.54, 1.807) is 54.6 Å². The van der Waals surface area contributed by atoms with Crippen LogP contribution in [0.2, 0.25) is 0 Å². The van der Waals surface area contributed by atoms with E-state index in [0.29, 0.717) is 16.5 Å². The molecule has 29 heavy (non-hydrogen) atoms. The van der Waals surface area contributed by atoms with Gasteiger partial charge in [0.05, 0.1) is 21.5 Å². The zero-order chi connectivity index (χ0) is 20.4. The van der Waals surface area contributed by atoms with Gasteiger partial charge >= 0.3 is 0 Å². The molecule has 0 N–H and O–H groups in total. The summed E-state index contributed by atoms with van der Waals surface area (Å²) in [5.74, 6) is -0.345. The molecule has 0 bridgehead atoms. The lowest BCUT2D eigenvalue weighted by molar-refractivity contribution is -0.384. The van der Waals surface area contributed by atoms with Crippen LogP contribution in [0.3, 0.4) is 0 Å². The van der Waals surface area contributed by atoms with Crippen LogP contribution in [0.25, 0.3) is 28.7 Å². The Morgan fingerprint density at radius 1 is 0.966 bits per heavy atom. The fourth-order valence-corrected chi connectivity index (χ4v) is 3.04. The van der Waals surface area contributed by atoms with Crippen molar-refractivity contribution in [1.29, 1.82) is 0 Å². The number of aromatic nitrogens is 2.